The average Bonchev–Trinajstić information content (AvgIpc) is 2.81. The number of carbonyl (C=O) groups is 1. The van der Waals surface area contributed by atoms with Gasteiger partial charge in [0, 0.05) is 7.05 Å². The Labute approximate surface area is 93.6 Å². The lowest BCUT2D eigenvalue weighted by Crippen LogP contribution is -2.46. The number of aromatic nitrogens is 3. The molecule has 0 spiro atoms. The molecule has 1 amide bonds. The number of nitrogens with zero attached hydrogens (tertiary/aromatic N) is 3. The molecule has 0 saturated heterocycles. The minimum Gasteiger partial charge on any atom is -0.391 e. The van der Waals surface area contributed by atoms with Crippen molar-refractivity contribution in [3.8, 4) is 0 Å². The summed E-state index contributed by atoms with van der Waals surface area (Å²) < 4.78 is 0. The van der Waals surface area contributed by atoms with Gasteiger partial charge in [-0.2, -0.15) is 15.4 Å². The summed E-state index contributed by atoms with van der Waals surface area (Å²) in [6.07, 6.45) is 4.67. The van der Waals surface area contributed by atoms with Crippen LogP contribution in [-0.4, -0.2) is 50.5 Å². The lowest BCUT2D eigenvalue weighted by molar-refractivity contribution is 0.0264. The van der Waals surface area contributed by atoms with Gasteiger partial charge in [0.1, 0.15) is 0 Å². The number of aliphatic hydroxyl groups is 1. The molecule has 2 N–H and O–H groups in total. The number of carbonyl (C=O) groups excluding carboxylic acids is 1. The quantitative estimate of drug-likeness (QED) is 0.750. The molecule has 0 radical (unpaired) electrons. The zero-order valence-electron chi connectivity index (χ0n) is 9.26. The second kappa shape index (κ2) is 4.61. The first kappa shape index (κ1) is 11.1. The van der Waals surface area contributed by atoms with Gasteiger partial charge in [0.05, 0.1) is 18.3 Å². The number of aliphatic hydroxyl groups excluding tert-OH is 1. The topological polar surface area (TPSA) is 82.1 Å². The Hall–Kier alpha value is -1.43. The van der Waals surface area contributed by atoms with Gasteiger partial charge < -0.3 is 10.0 Å². The molecule has 1 aliphatic carbocycles. The van der Waals surface area contributed by atoms with E-state index >= 15 is 0 Å². The van der Waals surface area contributed by atoms with Crippen LogP contribution in [0.1, 0.15) is 36.2 Å². The second-order valence-electron chi connectivity index (χ2n) is 4.19. The number of likely N-dealkylation sites (N-methyl/N-ethyl adjacent to an activating group) is 1. The van der Waals surface area contributed by atoms with Crippen molar-refractivity contribution in [2.75, 3.05) is 7.05 Å². The third kappa shape index (κ3) is 2.06. The highest BCUT2D eigenvalue weighted by atomic mass is 16.3. The molecule has 6 nitrogen and oxygen atoms in total. The van der Waals surface area contributed by atoms with Gasteiger partial charge in [-0.15, -0.1) is 0 Å². The minimum atomic E-state index is -0.422. The van der Waals surface area contributed by atoms with Crippen LogP contribution in [0.4, 0.5) is 0 Å². The molecule has 1 saturated carbocycles. The summed E-state index contributed by atoms with van der Waals surface area (Å²) in [6, 6.07) is -0.0991. The van der Waals surface area contributed by atoms with Crippen LogP contribution in [0, 0.1) is 0 Å². The van der Waals surface area contributed by atoms with E-state index in [4.69, 9.17) is 0 Å². The van der Waals surface area contributed by atoms with Crippen LogP contribution >= 0.6 is 0 Å². The van der Waals surface area contributed by atoms with Gasteiger partial charge >= 0.3 is 0 Å². The number of H-pyrrole nitrogens is 1. The zero-order valence-corrected chi connectivity index (χ0v) is 9.26. The van der Waals surface area contributed by atoms with Crippen LogP contribution in [0.3, 0.4) is 0 Å². The Bertz CT molecular complexity index is 352. The second-order valence-corrected chi connectivity index (χ2v) is 4.19. The molecule has 2 atom stereocenters. The Morgan fingerprint density at radius 2 is 2.31 bits per heavy atom. The van der Waals surface area contributed by atoms with Crippen molar-refractivity contribution in [3.63, 3.8) is 0 Å². The monoisotopic (exact) mass is 224 g/mol. The third-order valence-electron chi connectivity index (χ3n) is 3.15. The van der Waals surface area contributed by atoms with Gasteiger partial charge in [-0.3, -0.25) is 4.79 Å². The van der Waals surface area contributed by atoms with E-state index in [0.717, 1.165) is 25.7 Å². The number of rotatable bonds is 2. The maximum Gasteiger partial charge on any atom is 0.276 e. The molecule has 0 aromatic carbocycles. The number of amides is 1. The van der Waals surface area contributed by atoms with E-state index in [1.54, 1.807) is 11.9 Å². The van der Waals surface area contributed by atoms with Gasteiger partial charge in [0.15, 0.2) is 5.69 Å². The van der Waals surface area contributed by atoms with Gasteiger partial charge in [0.2, 0.25) is 0 Å². The molecule has 16 heavy (non-hydrogen) atoms. The van der Waals surface area contributed by atoms with Crippen LogP contribution < -0.4 is 0 Å². The highest BCUT2D eigenvalue weighted by Gasteiger charge is 2.30. The van der Waals surface area contributed by atoms with Crippen molar-refractivity contribution < 1.29 is 9.90 Å². The Morgan fingerprint density at radius 1 is 1.56 bits per heavy atom. The smallest absolute Gasteiger partial charge is 0.276 e. The largest absolute Gasteiger partial charge is 0.391 e. The summed E-state index contributed by atoms with van der Waals surface area (Å²) >= 11 is 0. The van der Waals surface area contributed by atoms with E-state index in [1.165, 1.54) is 6.20 Å². The Morgan fingerprint density at radius 3 is 2.94 bits per heavy atom. The maximum atomic E-state index is 11.9. The number of nitrogens with one attached hydrogen (secondary N) is 1. The van der Waals surface area contributed by atoms with Gasteiger partial charge in [-0.25, -0.2) is 0 Å². The molecule has 1 heterocycles. The van der Waals surface area contributed by atoms with Crippen LogP contribution in [0.2, 0.25) is 0 Å². The van der Waals surface area contributed by atoms with Gasteiger partial charge in [-0.1, -0.05) is 12.8 Å². The summed E-state index contributed by atoms with van der Waals surface area (Å²) in [5.41, 5.74) is 0.292. The summed E-state index contributed by atoms with van der Waals surface area (Å²) in [6.45, 7) is 0. The lowest BCUT2D eigenvalue weighted by atomic mass is 9.91. The van der Waals surface area contributed by atoms with Crippen molar-refractivity contribution in [1.29, 1.82) is 0 Å². The third-order valence-corrected chi connectivity index (χ3v) is 3.15. The fraction of sp³-hybridized carbons (Fsp3) is 0.700. The molecule has 6 heteroatoms. The molecule has 2 unspecified atom stereocenters. The van der Waals surface area contributed by atoms with Crippen molar-refractivity contribution in [3.05, 3.63) is 11.9 Å². The molecule has 1 aromatic heterocycles. The molecule has 1 aliphatic rings. The lowest BCUT2D eigenvalue weighted by Gasteiger charge is -2.34. The summed E-state index contributed by atoms with van der Waals surface area (Å²) in [7, 11) is 1.70. The van der Waals surface area contributed by atoms with Crippen LogP contribution in [0.5, 0.6) is 0 Å². The average molecular weight is 224 g/mol. The fourth-order valence-electron chi connectivity index (χ4n) is 2.18. The predicted octanol–water partition coefficient (Wildman–Crippen LogP) is 0.180. The van der Waals surface area contributed by atoms with Crippen molar-refractivity contribution in [2.45, 2.75) is 37.8 Å². The Kier molecular flexibility index (Phi) is 3.19. The van der Waals surface area contributed by atoms with Crippen molar-refractivity contribution >= 4 is 5.91 Å². The van der Waals surface area contributed by atoms with Gasteiger partial charge in [-0.05, 0) is 12.8 Å². The van der Waals surface area contributed by atoms with E-state index in [9.17, 15) is 9.90 Å². The highest BCUT2D eigenvalue weighted by molar-refractivity contribution is 5.91. The summed E-state index contributed by atoms with van der Waals surface area (Å²) in [5, 5.41) is 19.6. The number of hydrogen-bond acceptors (Lipinski definition) is 4. The zero-order chi connectivity index (χ0) is 11.5. The van der Waals surface area contributed by atoms with E-state index < -0.39 is 6.10 Å². The van der Waals surface area contributed by atoms with Crippen molar-refractivity contribution in [2.24, 2.45) is 0 Å². The van der Waals surface area contributed by atoms with E-state index in [-0.39, 0.29) is 11.9 Å². The highest BCUT2D eigenvalue weighted by Crippen LogP contribution is 2.23. The predicted molar refractivity (Wildman–Crippen MR) is 56.7 cm³/mol. The maximum absolute atomic E-state index is 11.9. The molecule has 2 rings (SSSR count). The van der Waals surface area contributed by atoms with E-state index in [1.807, 2.05) is 0 Å². The van der Waals surface area contributed by atoms with E-state index in [2.05, 4.69) is 15.4 Å². The van der Waals surface area contributed by atoms with Gasteiger partial charge in [0.25, 0.3) is 5.91 Å². The first-order valence-corrected chi connectivity index (χ1v) is 5.51. The summed E-state index contributed by atoms with van der Waals surface area (Å²) in [4.78, 5) is 13.5. The molecular weight excluding hydrogens is 208 g/mol. The molecule has 0 bridgehead atoms. The Balaban J connectivity index is 2.06. The standard InChI is InChI=1S/C10H16N4O2/c1-14(8-4-2-3-5-9(8)15)10(16)7-6-11-13-12-7/h6,8-9,15H,2-5H2,1H3,(H,11,12,13). The molecule has 0 aliphatic heterocycles. The molecule has 1 aromatic rings. The minimum absolute atomic E-state index is 0.0991. The molecule has 88 valence electrons. The molecular formula is C10H16N4O2. The molecule has 1 fully saturated rings. The number of hydrogen-bond donors (Lipinski definition) is 2. The van der Waals surface area contributed by atoms with Crippen LogP contribution in [-0.2, 0) is 0 Å². The first-order valence-electron chi connectivity index (χ1n) is 5.51. The first-order chi connectivity index (χ1) is 7.70. The van der Waals surface area contributed by atoms with Crippen LogP contribution in [0.15, 0.2) is 6.20 Å². The normalized spacial score (nSPS) is 25.4. The van der Waals surface area contributed by atoms with Crippen LogP contribution in [0.25, 0.3) is 0 Å². The number of aromatic amines is 1. The SMILES string of the molecule is CN(C(=O)c1cn[nH]n1)C1CCCCC1O. The summed E-state index contributed by atoms with van der Waals surface area (Å²) in [5.74, 6) is -0.195. The van der Waals surface area contributed by atoms with Crippen molar-refractivity contribution in [1.82, 2.24) is 20.3 Å². The fourth-order valence-corrected chi connectivity index (χ4v) is 2.18. The van der Waals surface area contributed by atoms with E-state index in [0.29, 0.717) is 5.69 Å².